The minimum Gasteiger partial charge on any atom is -0.493 e. The molecule has 0 spiro atoms. The molecule has 1 aromatic heterocycles. The average Bonchev–Trinajstić information content (AvgIpc) is 3.47. The van der Waals surface area contributed by atoms with E-state index in [0.29, 0.717) is 39.6 Å². The van der Waals surface area contributed by atoms with Gasteiger partial charge in [0.05, 0.1) is 37.5 Å². The number of hydrogen-bond donors (Lipinski definition) is 3. The molecule has 29 heavy (non-hydrogen) atoms. The number of benzene rings is 1. The van der Waals surface area contributed by atoms with Gasteiger partial charge < -0.3 is 24.8 Å². The predicted molar refractivity (Wildman–Crippen MR) is 114 cm³/mol. The summed E-state index contributed by atoms with van der Waals surface area (Å²) in [4.78, 5) is 12.2. The van der Waals surface area contributed by atoms with Gasteiger partial charge in [-0.1, -0.05) is 11.8 Å². The normalized spacial score (nSPS) is 21.0. The number of hydroxylamine groups is 1. The molecule has 1 unspecified atom stereocenters. The first-order valence-corrected chi connectivity index (χ1v) is 10.3. The lowest BCUT2D eigenvalue weighted by Gasteiger charge is -2.24. The zero-order chi connectivity index (χ0) is 20.5. The fraction of sp³-hybridized carbons (Fsp3) is 0.222. The molecule has 9 nitrogen and oxygen atoms in total. The van der Waals surface area contributed by atoms with E-state index in [1.54, 1.807) is 42.6 Å². The number of nitrogens with one attached hydrogen (secondary N) is 2. The van der Waals surface area contributed by atoms with Gasteiger partial charge in [0.15, 0.2) is 17.3 Å². The summed E-state index contributed by atoms with van der Waals surface area (Å²) in [7, 11) is 4.62. The van der Waals surface area contributed by atoms with Crippen molar-refractivity contribution in [1.29, 1.82) is 5.41 Å². The highest BCUT2D eigenvalue weighted by atomic mass is 32.2. The highest BCUT2D eigenvalue weighted by Gasteiger charge is 2.37. The Morgan fingerprint density at radius 1 is 1.21 bits per heavy atom. The molecule has 1 saturated heterocycles. The number of aliphatic imine (C=N–C) groups is 1. The molecule has 1 atom stereocenters. The summed E-state index contributed by atoms with van der Waals surface area (Å²) >= 11 is 2.86. The second-order valence-electron chi connectivity index (χ2n) is 5.92. The minimum absolute atomic E-state index is 0.193. The number of nitrogens with zero attached hydrogens (tertiary/aromatic N) is 2. The molecule has 0 saturated carbocycles. The maximum absolute atomic E-state index is 8.68. The van der Waals surface area contributed by atoms with Gasteiger partial charge in [-0.2, -0.15) is 16.3 Å². The number of hydrogen-bond acceptors (Lipinski definition) is 10. The van der Waals surface area contributed by atoms with Crippen molar-refractivity contribution in [3.63, 3.8) is 0 Å². The minimum atomic E-state index is -0.532. The third-order valence-electron chi connectivity index (χ3n) is 4.32. The molecule has 2 aliphatic heterocycles. The van der Waals surface area contributed by atoms with Crippen molar-refractivity contribution >= 4 is 40.5 Å². The monoisotopic (exact) mass is 433 g/mol. The Bertz CT molecular complexity index is 981. The molecule has 0 amide bonds. The lowest BCUT2D eigenvalue weighted by atomic mass is 10.2. The summed E-state index contributed by atoms with van der Waals surface area (Å²) in [5.74, 6) is 2.54. The van der Waals surface area contributed by atoms with Gasteiger partial charge in [0, 0.05) is 17.5 Å². The molecular formula is C18H19N5O4S2. The lowest BCUT2D eigenvalue weighted by Crippen LogP contribution is -2.37. The molecule has 0 bridgehead atoms. The van der Waals surface area contributed by atoms with Crippen molar-refractivity contribution in [1.82, 2.24) is 5.48 Å². The van der Waals surface area contributed by atoms with Crippen LogP contribution in [-0.4, -0.2) is 38.6 Å². The Hall–Kier alpha value is -2.89. The molecule has 11 heteroatoms. The fourth-order valence-corrected chi connectivity index (χ4v) is 4.58. The van der Waals surface area contributed by atoms with E-state index in [1.165, 1.54) is 18.9 Å². The fourth-order valence-electron chi connectivity index (χ4n) is 2.97. The second kappa shape index (κ2) is 7.85. The van der Waals surface area contributed by atoms with E-state index < -0.39 is 5.50 Å². The van der Waals surface area contributed by atoms with E-state index in [1.807, 2.05) is 16.8 Å². The average molecular weight is 434 g/mol. The van der Waals surface area contributed by atoms with Gasteiger partial charge >= 0.3 is 0 Å². The third kappa shape index (κ3) is 3.37. The first kappa shape index (κ1) is 19.4. The van der Waals surface area contributed by atoms with Crippen LogP contribution in [0.1, 0.15) is 5.56 Å². The zero-order valence-corrected chi connectivity index (χ0v) is 17.5. The summed E-state index contributed by atoms with van der Waals surface area (Å²) in [6, 6.07) is 5.42. The molecule has 1 aromatic carbocycles. The van der Waals surface area contributed by atoms with Crippen LogP contribution in [0, 0.1) is 5.41 Å². The summed E-state index contributed by atoms with van der Waals surface area (Å²) in [5.41, 5.74) is 10.1. The Morgan fingerprint density at radius 2 is 1.93 bits per heavy atom. The highest BCUT2D eigenvalue weighted by Crippen LogP contribution is 2.45. The van der Waals surface area contributed by atoms with Gasteiger partial charge in [-0.25, -0.2) is 5.48 Å². The van der Waals surface area contributed by atoms with Crippen LogP contribution in [0.2, 0.25) is 0 Å². The van der Waals surface area contributed by atoms with Crippen molar-refractivity contribution in [2.45, 2.75) is 5.50 Å². The number of nitrogens with two attached hydrogens (primary N) is 1. The van der Waals surface area contributed by atoms with E-state index in [9.17, 15) is 0 Å². The topological polar surface area (TPSA) is 114 Å². The number of anilines is 1. The first-order valence-electron chi connectivity index (χ1n) is 8.46. The molecular weight excluding hydrogens is 414 g/mol. The first-order chi connectivity index (χ1) is 14.1. The van der Waals surface area contributed by atoms with Crippen LogP contribution < -0.4 is 30.3 Å². The summed E-state index contributed by atoms with van der Waals surface area (Å²) in [5, 5.41) is 12.6. The van der Waals surface area contributed by atoms with Crippen LogP contribution >= 0.6 is 23.1 Å². The van der Waals surface area contributed by atoms with Crippen molar-refractivity contribution in [3.8, 4) is 17.2 Å². The van der Waals surface area contributed by atoms with E-state index in [0.717, 1.165) is 5.56 Å². The second-order valence-corrected chi connectivity index (χ2v) is 7.83. The van der Waals surface area contributed by atoms with Gasteiger partial charge in [-0.3, -0.25) is 10.3 Å². The smallest absolute Gasteiger partial charge is 0.256 e. The van der Waals surface area contributed by atoms with E-state index in [4.69, 9.17) is 30.2 Å². The number of thioether (sulfide) groups is 1. The molecule has 2 aromatic rings. The molecule has 3 heterocycles. The predicted octanol–water partition coefficient (Wildman–Crippen LogP) is 2.70. The van der Waals surface area contributed by atoms with E-state index in [2.05, 4.69) is 10.5 Å². The van der Waals surface area contributed by atoms with Crippen LogP contribution in [0.4, 0.5) is 5.69 Å². The summed E-state index contributed by atoms with van der Waals surface area (Å²) in [6.45, 7) is 0. The van der Waals surface area contributed by atoms with Crippen LogP contribution in [0.15, 0.2) is 44.7 Å². The third-order valence-corrected chi connectivity index (χ3v) is 6.08. The van der Waals surface area contributed by atoms with E-state index in [-0.39, 0.29) is 5.84 Å². The SMILES string of the molecule is COc1cc(N2C(=N)C(=C3N=C(c4ccsc4)ON3)SC2N)cc(OC)c1OC. The maximum atomic E-state index is 8.68. The van der Waals surface area contributed by atoms with Crippen LogP contribution in [0.25, 0.3) is 0 Å². The molecule has 0 aliphatic carbocycles. The Labute approximate surface area is 175 Å². The summed E-state index contributed by atoms with van der Waals surface area (Å²) in [6.07, 6.45) is 0. The molecule has 4 rings (SSSR count). The number of thiophene rings is 1. The standard InChI is InChI=1S/C18H19N5O4S2/c1-24-11-6-10(7-12(25-2)13(11)26-3)23-15(19)14(29-18(23)20)16-21-17(27-22-16)9-4-5-28-8-9/h4-8,18-19,22H,20H2,1-3H3. The zero-order valence-electron chi connectivity index (χ0n) is 15.9. The molecule has 4 N–H and O–H groups in total. The number of methoxy groups -OCH3 is 3. The van der Waals surface area contributed by atoms with Gasteiger partial charge in [0.25, 0.3) is 5.90 Å². The Kier molecular flexibility index (Phi) is 5.26. The molecule has 2 aliphatic rings. The largest absolute Gasteiger partial charge is 0.493 e. The van der Waals surface area contributed by atoms with Gasteiger partial charge in [0.2, 0.25) is 5.75 Å². The molecule has 0 radical (unpaired) electrons. The number of amidine groups is 1. The lowest BCUT2D eigenvalue weighted by molar-refractivity contribution is 0.238. The van der Waals surface area contributed by atoms with Crippen molar-refractivity contribution in [2.75, 3.05) is 26.2 Å². The molecule has 1 fully saturated rings. The highest BCUT2D eigenvalue weighted by molar-refractivity contribution is 8.05. The van der Waals surface area contributed by atoms with Crippen LogP contribution in [0.3, 0.4) is 0 Å². The molecule has 152 valence electrons. The Morgan fingerprint density at radius 3 is 2.52 bits per heavy atom. The maximum Gasteiger partial charge on any atom is 0.256 e. The van der Waals surface area contributed by atoms with Crippen LogP contribution in [0.5, 0.6) is 17.2 Å². The van der Waals surface area contributed by atoms with E-state index >= 15 is 0 Å². The quantitative estimate of drug-likeness (QED) is 0.659. The number of rotatable bonds is 5. The Balaban J connectivity index is 1.70. The van der Waals surface area contributed by atoms with Gasteiger partial charge in [-0.05, 0) is 11.4 Å². The van der Waals surface area contributed by atoms with Crippen molar-refractivity contribution in [2.24, 2.45) is 10.7 Å². The number of ether oxygens (including phenoxy) is 3. The van der Waals surface area contributed by atoms with Crippen molar-refractivity contribution in [3.05, 3.63) is 45.2 Å². The van der Waals surface area contributed by atoms with Crippen LogP contribution in [-0.2, 0) is 4.84 Å². The van der Waals surface area contributed by atoms with Gasteiger partial charge in [-0.15, -0.1) is 0 Å². The van der Waals surface area contributed by atoms with Gasteiger partial charge in [0.1, 0.15) is 11.3 Å². The van der Waals surface area contributed by atoms with Crippen molar-refractivity contribution < 1.29 is 19.0 Å². The summed E-state index contributed by atoms with van der Waals surface area (Å²) < 4.78 is 16.2.